The van der Waals surface area contributed by atoms with Gasteiger partial charge in [-0.2, -0.15) is 5.10 Å². The van der Waals surface area contributed by atoms with Gasteiger partial charge in [-0.05, 0) is 96.0 Å². The van der Waals surface area contributed by atoms with Crippen molar-refractivity contribution in [2.75, 3.05) is 0 Å². The number of carbonyl (C=O) groups excluding carboxylic acids is 1. The number of ether oxygens (including phenoxy) is 1. The molecule has 0 fully saturated rings. The summed E-state index contributed by atoms with van der Waals surface area (Å²) in [5.74, 6) is 0.180. The van der Waals surface area contributed by atoms with E-state index in [9.17, 15) is 9.18 Å². The summed E-state index contributed by atoms with van der Waals surface area (Å²) in [6.45, 7) is 4.35. The van der Waals surface area contributed by atoms with Crippen LogP contribution in [-0.4, -0.2) is 16.7 Å². The molecule has 0 aliphatic heterocycles. The molecule has 2 aromatic heterocycles. The monoisotopic (exact) mass is 637 g/mol. The van der Waals surface area contributed by atoms with E-state index in [4.69, 9.17) is 9.15 Å². The Morgan fingerprint density at radius 3 is 2.53 bits per heavy atom. The number of aryl methyl sites for hydroxylation is 1. The normalized spacial score (nSPS) is 11.4. The Morgan fingerprint density at radius 1 is 1.05 bits per heavy atom. The Hall–Kier alpha value is -3.69. The third-order valence-corrected chi connectivity index (χ3v) is 7.06. The van der Waals surface area contributed by atoms with Crippen LogP contribution in [-0.2, 0) is 6.61 Å². The van der Waals surface area contributed by atoms with Gasteiger partial charge in [0, 0.05) is 32.5 Å². The van der Waals surface area contributed by atoms with Crippen molar-refractivity contribution in [2.24, 2.45) is 5.10 Å². The molecule has 3 aromatic carbocycles. The first-order valence-electron chi connectivity index (χ1n) is 11.7. The molecule has 192 valence electrons. The van der Waals surface area contributed by atoms with Crippen LogP contribution in [0.2, 0.25) is 0 Å². The van der Waals surface area contributed by atoms with Gasteiger partial charge in [-0.15, -0.1) is 0 Å². The molecule has 2 heterocycles. The standard InChI is InChI=1S/C29H22Br2FN3O3/c1-17-11-21(15-33-34-29(36)27-13-20-12-22(30)14-26(31)28(20)38-27)18(2)35(17)24-7-9-25(10-8-24)37-16-19-3-5-23(32)6-4-19/h3-15H,16H2,1-2H3,(H,34,36)/b33-15-. The molecule has 0 saturated carbocycles. The highest BCUT2D eigenvalue weighted by atomic mass is 79.9. The van der Waals surface area contributed by atoms with Gasteiger partial charge < -0.3 is 13.7 Å². The van der Waals surface area contributed by atoms with Crippen molar-refractivity contribution in [1.29, 1.82) is 0 Å². The second-order valence-electron chi connectivity index (χ2n) is 8.69. The highest BCUT2D eigenvalue weighted by molar-refractivity contribution is 9.11. The zero-order valence-electron chi connectivity index (χ0n) is 20.5. The third kappa shape index (κ3) is 5.58. The van der Waals surface area contributed by atoms with Crippen molar-refractivity contribution < 1.29 is 18.3 Å². The quantitative estimate of drug-likeness (QED) is 0.146. The molecule has 1 amide bonds. The van der Waals surface area contributed by atoms with Crippen LogP contribution in [0.25, 0.3) is 16.7 Å². The minimum absolute atomic E-state index is 0.170. The molecule has 5 rings (SSSR count). The van der Waals surface area contributed by atoms with E-state index in [0.29, 0.717) is 12.2 Å². The second-order valence-corrected chi connectivity index (χ2v) is 10.5. The maximum absolute atomic E-state index is 13.1. The van der Waals surface area contributed by atoms with Gasteiger partial charge in [0.25, 0.3) is 0 Å². The molecule has 0 aliphatic carbocycles. The summed E-state index contributed by atoms with van der Waals surface area (Å²) in [5.41, 5.74) is 7.86. The highest BCUT2D eigenvalue weighted by Gasteiger charge is 2.15. The summed E-state index contributed by atoms with van der Waals surface area (Å²) in [5, 5.41) is 4.95. The van der Waals surface area contributed by atoms with E-state index in [-0.39, 0.29) is 11.6 Å². The van der Waals surface area contributed by atoms with Crippen molar-refractivity contribution in [3.8, 4) is 11.4 Å². The fourth-order valence-electron chi connectivity index (χ4n) is 4.16. The van der Waals surface area contributed by atoms with E-state index in [1.807, 2.05) is 56.3 Å². The number of hydrogen-bond donors (Lipinski definition) is 1. The molecule has 0 unspecified atom stereocenters. The number of rotatable bonds is 7. The summed E-state index contributed by atoms with van der Waals surface area (Å²) >= 11 is 6.88. The van der Waals surface area contributed by atoms with Crippen molar-refractivity contribution in [1.82, 2.24) is 9.99 Å². The molecule has 0 saturated heterocycles. The van der Waals surface area contributed by atoms with Gasteiger partial charge in [0.05, 0.1) is 10.7 Å². The predicted molar refractivity (Wildman–Crippen MR) is 153 cm³/mol. The number of amides is 1. The summed E-state index contributed by atoms with van der Waals surface area (Å²) in [6, 6.07) is 21.4. The van der Waals surface area contributed by atoms with Gasteiger partial charge in [-0.3, -0.25) is 4.79 Å². The molecular weight excluding hydrogens is 617 g/mol. The van der Waals surface area contributed by atoms with Gasteiger partial charge in [0.2, 0.25) is 0 Å². The average Bonchev–Trinajstić information content (AvgIpc) is 3.45. The number of hydrogen-bond acceptors (Lipinski definition) is 4. The average molecular weight is 639 g/mol. The first-order chi connectivity index (χ1) is 18.3. The lowest BCUT2D eigenvalue weighted by Gasteiger charge is -2.11. The number of aromatic nitrogens is 1. The third-order valence-electron chi connectivity index (χ3n) is 6.01. The molecular formula is C29H22Br2FN3O3. The first kappa shape index (κ1) is 25.9. The van der Waals surface area contributed by atoms with Crippen LogP contribution < -0.4 is 10.2 Å². The Kier molecular flexibility index (Phi) is 7.49. The number of furan rings is 1. The van der Waals surface area contributed by atoms with Gasteiger partial charge in [0.1, 0.15) is 23.8 Å². The smallest absolute Gasteiger partial charge is 0.307 e. The summed E-state index contributed by atoms with van der Waals surface area (Å²) < 4.78 is 28.3. The summed E-state index contributed by atoms with van der Waals surface area (Å²) in [4.78, 5) is 12.6. The largest absolute Gasteiger partial charge is 0.489 e. The van der Waals surface area contributed by atoms with Crippen molar-refractivity contribution in [2.45, 2.75) is 20.5 Å². The fourth-order valence-corrected chi connectivity index (χ4v) is 5.50. The van der Waals surface area contributed by atoms with Crippen molar-refractivity contribution in [3.05, 3.63) is 116 Å². The number of hydrazone groups is 1. The Balaban J connectivity index is 1.25. The van der Waals surface area contributed by atoms with E-state index >= 15 is 0 Å². The lowest BCUT2D eigenvalue weighted by molar-refractivity contribution is 0.0929. The van der Waals surface area contributed by atoms with Crippen molar-refractivity contribution >= 4 is 55.0 Å². The zero-order chi connectivity index (χ0) is 26.8. The maximum Gasteiger partial charge on any atom is 0.307 e. The molecule has 0 radical (unpaired) electrons. The number of nitrogens with zero attached hydrogens (tertiary/aromatic N) is 2. The Labute approximate surface area is 235 Å². The lowest BCUT2D eigenvalue weighted by atomic mass is 10.2. The van der Waals surface area contributed by atoms with Crippen LogP contribution in [0.5, 0.6) is 5.75 Å². The SMILES string of the molecule is Cc1cc(/C=N\NC(=O)c2cc3cc(Br)cc(Br)c3o2)c(C)n1-c1ccc(OCc2ccc(F)cc2)cc1. The van der Waals surface area contributed by atoms with E-state index in [0.717, 1.165) is 48.3 Å². The van der Waals surface area contributed by atoms with Gasteiger partial charge in [-0.1, -0.05) is 28.1 Å². The lowest BCUT2D eigenvalue weighted by Crippen LogP contribution is -2.16. The van der Waals surface area contributed by atoms with Crippen LogP contribution in [0, 0.1) is 19.7 Å². The first-order valence-corrected chi connectivity index (χ1v) is 13.3. The molecule has 0 bridgehead atoms. The predicted octanol–water partition coefficient (Wildman–Crippen LogP) is 7.85. The molecule has 6 nitrogen and oxygen atoms in total. The molecule has 0 aliphatic rings. The number of fused-ring (bicyclic) bond motifs is 1. The van der Waals surface area contributed by atoms with Gasteiger partial charge in [0.15, 0.2) is 5.76 Å². The van der Waals surface area contributed by atoms with E-state index < -0.39 is 5.91 Å². The Bertz CT molecular complexity index is 1660. The van der Waals surface area contributed by atoms with Crippen LogP contribution in [0.4, 0.5) is 4.39 Å². The fraction of sp³-hybridized carbons (Fsp3) is 0.103. The molecule has 9 heteroatoms. The molecule has 38 heavy (non-hydrogen) atoms. The molecule has 5 aromatic rings. The zero-order valence-corrected chi connectivity index (χ0v) is 23.6. The number of nitrogens with one attached hydrogen (secondary N) is 1. The second kappa shape index (κ2) is 11.0. The van der Waals surface area contributed by atoms with Gasteiger partial charge >= 0.3 is 5.91 Å². The van der Waals surface area contributed by atoms with Crippen LogP contribution in [0.1, 0.15) is 33.1 Å². The molecule has 0 atom stereocenters. The van der Waals surface area contributed by atoms with Crippen molar-refractivity contribution in [3.63, 3.8) is 0 Å². The van der Waals surface area contributed by atoms with E-state index in [1.54, 1.807) is 24.4 Å². The topological polar surface area (TPSA) is 68.8 Å². The van der Waals surface area contributed by atoms with Crippen LogP contribution in [0.3, 0.4) is 0 Å². The number of carbonyl (C=O) groups is 1. The number of benzene rings is 3. The summed E-state index contributed by atoms with van der Waals surface area (Å²) in [7, 11) is 0. The minimum atomic E-state index is -0.439. The van der Waals surface area contributed by atoms with Crippen LogP contribution >= 0.6 is 31.9 Å². The highest BCUT2D eigenvalue weighted by Crippen LogP contribution is 2.31. The molecule has 1 N–H and O–H groups in total. The Morgan fingerprint density at radius 2 is 1.79 bits per heavy atom. The van der Waals surface area contributed by atoms with Gasteiger partial charge in [-0.25, -0.2) is 9.82 Å². The van der Waals surface area contributed by atoms with E-state index in [2.05, 4.69) is 47.0 Å². The molecule has 0 spiro atoms. The number of halogens is 3. The van der Waals surface area contributed by atoms with E-state index in [1.165, 1.54) is 12.1 Å². The maximum atomic E-state index is 13.1. The van der Waals surface area contributed by atoms with Crippen LogP contribution in [0.15, 0.2) is 91.3 Å². The summed E-state index contributed by atoms with van der Waals surface area (Å²) in [6.07, 6.45) is 1.62. The minimum Gasteiger partial charge on any atom is -0.489 e.